The van der Waals surface area contributed by atoms with Gasteiger partial charge < -0.3 is 15.2 Å². The average Bonchev–Trinajstić information content (AvgIpc) is 3.17. The first-order valence-electron chi connectivity index (χ1n) is 9.15. The second-order valence-electron chi connectivity index (χ2n) is 7.16. The van der Waals surface area contributed by atoms with E-state index in [9.17, 15) is 8.42 Å². The third-order valence-electron chi connectivity index (χ3n) is 5.79. The largest absolute Gasteiger partial charge is 0.353 e. The summed E-state index contributed by atoms with van der Waals surface area (Å²) in [6.07, 6.45) is 4.34. The molecule has 0 saturated carbocycles. The van der Waals surface area contributed by atoms with Crippen LogP contribution in [0.3, 0.4) is 0 Å². The molecule has 3 heterocycles. The molecule has 1 aromatic carbocycles. The summed E-state index contributed by atoms with van der Waals surface area (Å²) in [7, 11) is -1.76. The summed E-state index contributed by atoms with van der Waals surface area (Å²) in [5.74, 6) is -0.0453. The van der Waals surface area contributed by atoms with Gasteiger partial charge in [-0.1, -0.05) is 25.1 Å². The number of sulfone groups is 1. The van der Waals surface area contributed by atoms with E-state index in [0.29, 0.717) is 11.4 Å². The Hall–Kier alpha value is -2.38. The van der Waals surface area contributed by atoms with Crippen molar-refractivity contribution < 1.29 is 8.42 Å². The van der Waals surface area contributed by atoms with Crippen molar-refractivity contribution in [3.05, 3.63) is 54.9 Å². The highest BCUT2D eigenvalue weighted by atomic mass is 32.2. The van der Waals surface area contributed by atoms with Gasteiger partial charge in [0.05, 0.1) is 10.6 Å². The number of hydrogen-bond acceptors (Lipinski definition) is 5. The van der Waals surface area contributed by atoms with Crippen molar-refractivity contribution in [2.24, 2.45) is 5.92 Å². The Balaban J connectivity index is 1.93. The van der Waals surface area contributed by atoms with Crippen LogP contribution in [0, 0.1) is 5.92 Å². The number of piperidine rings is 1. The van der Waals surface area contributed by atoms with Crippen molar-refractivity contribution in [1.82, 2.24) is 15.3 Å². The van der Waals surface area contributed by atoms with Gasteiger partial charge in [0.2, 0.25) is 9.84 Å². The average molecular weight is 385 g/mol. The second-order valence-corrected chi connectivity index (χ2v) is 9.34. The Labute approximate surface area is 159 Å². The molecule has 0 radical (unpaired) electrons. The predicted molar refractivity (Wildman–Crippen MR) is 108 cm³/mol. The highest BCUT2D eigenvalue weighted by Crippen LogP contribution is 2.42. The van der Waals surface area contributed by atoms with Gasteiger partial charge in [0.25, 0.3) is 0 Å². The number of fused-ring (bicyclic) bond motifs is 1. The number of likely N-dealkylation sites (N-methyl/N-ethyl adjacent to an activating group) is 1. The van der Waals surface area contributed by atoms with Crippen molar-refractivity contribution in [1.29, 1.82) is 0 Å². The summed E-state index contributed by atoms with van der Waals surface area (Å²) in [4.78, 5) is 8.66. The first kappa shape index (κ1) is 18.0. The molecule has 1 aliphatic heterocycles. The topological polar surface area (TPSA) is 78.1 Å². The summed E-state index contributed by atoms with van der Waals surface area (Å²) >= 11 is 0. The van der Waals surface area contributed by atoms with Crippen LogP contribution < -0.4 is 10.2 Å². The van der Waals surface area contributed by atoms with Crippen LogP contribution in [-0.2, 0) is 9.84 Å². The molecule has 7 heteroatoms. The maximum Gasteiger partial charge on any atom is 0.203 e. The van der Waals surface area contributed by atoms with Gasteiger partial charge in [0.15, 0.2) is 4.87 Å². The molecule has 2 atom stereocenters. The van der Waals surface area contributed by atoms with Crippen molar-refractivity contribution in [2.45, 2.75) is 23.1 Å². The smallest absolute Gasteiger partial charge is 0.203 e. The van der Waals surface area contributed by atoms with E-state index >= 15 is 0 Å². The second kappa shape index (κ2) is 6.65. The molecule has 0 amide bonds. The first-order chi connectivity index (χ1) is 13.0. The van der Waals surface area contributed by atoms with Crippen LogP contribution in [0.5, 0.6) is 0 Å². The lowest BCUT2D eigenvalue weighted by atomic mass is 9.92. The van der Waals surface area contributed by atoms with Crippen molar-refractivity contribution in [3.8, 4) is 0 Å². The Morgan fingerprint density at radius 1 is 1.19 bits per heavy atom. The van der Waals surface area contributed by atoms with Gasteiger partial charge in [-0.15, -0.1) is 0 Å². The van der Waals surface area contributed by atoms with Crippen molar-refractivity contribution in [3.63, 3.8) is 0 Å². The minimum atomic E-state index is -3.64. The van der Waals surface area contributed by atoms with Crippen LogP contribution >= 0.6 is 0 Å². The number of hydrogen-bond donors (Lipinski definition) is 2. The molecule has 3 aromatic rings. The Kier molecular flexibility index (Phi) is 4.44. The van der Waals surface area contributed by atoms with Crippen LogP contribution in [0.2, 0.25) is 0 Å². The Bertz CT molecular complexity index is 1050. The number of rotatable bonds is 4. The number of aromatic amines is 1. The van der Waals surface area contributed by atoms with Gasteiger partial charge in [0.1, 0.15) is 5.65 Å². The quantitative estimate of drug-likeness (QED) is 0.723. The van der Waals surface area contributed by atoms with E-state index < -0.39 is 14.7 Å². The molecule has 1 aliphatic rings. The van der Waals surface area contributed by atoms with E-state index in [0.717, 1.165) is 29.7 Å². The number of nitrogens with one attached hydrogen (secondary N) is 2. The molecule has 2 N–H and O–H groups in total. The van der Waals surface area contributed by atoms with Crippen LogP contribution in [0.1, 0.15) is 13.3 Å². The van der Waals surface area contributed by atoms with Crippen LogP contribution in [0.15, 0.2) is 59.8 Å². The van der Waals surface area contributed by atoms with Gasteiger partial charge in [-0.2, -0.15) is 0 Å². The Morgan fingerprint density at radius 3 is 2.70 bits per heavy atom. The fourth-order valence-corrected chi connectivity index (χ4v) is 6.54. The lowest BCUT2D eigenvalue weighted by molar-refractivity contribution is 0.291. The Morgan fingerprint density at radius 2 is 1.96 bits per heavy atom. The molecule has 2 aromatic heterocycles. The molecule has 0 spiro atoms. The predicted octanol–water partition coefficient (Wildman–Crippen LogP) is 2.80. The number of H-pyrrole nitrogens is 1. The lowest BCUT2D eigenvalue weighted by Gasteiger charge is -2.49. The molecular weight excluding hydrogens is 360 g/mol. The summed E-state index contributed by atoms with van der Waals surface area (Å²) in [6, 6.07) is 12.6. The summed E-state index contributed by atoms with van der Waals surface area (Å²) in [5.41, 5.74) is 1.61. The van der Waals surface area contributed by atoms with Gasteiger partial charge in [-0.3, -0.25) is 0 Å². The molecule has 0 unspecified atom stereocenters. The minimum absolute atomic E-state index is 0.0453. The van der Waals surface area contributed by atoms with Gasteiger partial charge in [-0.25, -0.2) is 13.4 Å². The zero-order chi connectivity index (χ0) is 19.1. The van der Waals surface area contributed by atoms with E-state index in [1.54, 1.807) is 30.5 Å². The van der Waals surface area contributed by atoms with Gasteiger partial charge in [-0.05, 0) is 43.1 Å². The van der Waals surface area contributed by atoms with Gasteiger partial charge in [0, 0.05) is 31.4 Å². The third-order valence-corrected chi connectivity index (χ3v) is 8.43. The summed E-state index contributed by atoms with van der Waals surface area (Å²) < 4.78 is 27.8. The van der Waals surface area contributed by atoms with Crippen LogP contribution in [0.25, 0.3) is 11.0 Å². The van der Waals surface area contributed by atoms with E-state index in [1.165, 1.54) is 0 Å². The van der Waals surface area contributed by atoms with E-state index in [-0.39, 0.29) is 5.92 Å². The molecule has 27 heavy (non-hydrogen) atoms. The molecule has 142 valence electrons. The molecule has 4 rings (SSSR count). The van der Waals surface area contributed by atoms with Crippen molar-refractivity contribution in [2.75, 3.05) is 25.0 Å². The zero-order valence-electron chi connectivity index (χ0n) is 15.5. The number of anilines is 1. The third kappa shape index (κ3) is 2.64. The van der Waals surface area contributed by atoms with Crippen LogP contribution in [-0.4, -0.2) is 43.4 Å². The van der Waals surface area contributed by atoms with Crippen LogP contribution in [0.4, 0.5) is 5.69 Å². The van der Waals surface area contributed by atoms with Crippen molar-refractivity contribution >= 4 is 26.6 Å². The maximum atomic E-state index is 13.9. The lowest BCUT2D eigenvalue weighted by Crippen LogP contribution is -2.65. The molecule has 6 nitrogen and oxygen atoms in total. The van der Waals surface area contributed by atoms with E-state index in [2.05, 4.69) is 15.3 Å². The summed E-state index contributed by atoms with van der Waals surface area (Å²) in [5, 5.41) is 4.25. The molecule has 0 aliphatic carbocycles. The van der Waals surface area contributed by atoms with E-state index in [1.807, 2.05) is 43.3 Å². The number of pyridine rings is 1. The maximum absolute atomic E-state index is 13.9. The minimum Gasteiger partial charge on any atom is -0.353 e. The molecule has 1 saturated heterocycles. The number of aromatic nitrogens is 2. The summed E-state index contributed by atoms with van der Waals surface area (Å²) in [6.45, 7) is 3.22. The monoisotopic (exact) mass is 384 g/mol. The fourth-order valence-electron chi connectivity index (χ4n) is 4.22. The van der Waals surface area contributed by atoms with E-state index in [4.69, 9.17) is 0 Å². The highest BCUT2D eigenvalue weighted by molar-refractivity contribution is 7.93. The molecule has 0 bridgehead atoms. The van der Waals surface area contributed by atoms with Gasteiger partial charge >= 0.3 is 0 Å². The highest BCUT2D eigenvalue weighted by Gasteiger charge is 2.53. The standard InChI is InChI=1S/C20H24N4O2S/c1-15-8-11-21-14-20(15,27(25,26)16-6-4-3-5-7-16)24(2)18-10-13-23-19-17(18)9-12-22-19/h3-7,9-10,12-13,15,21H,8,11,14H2,1-2H3,(H,22,23)/t15-,20+/m1/s1. The fraction of sp³-hybridized carbons (Fsp3) is 0.350. The number of nitrogens with zero attached hydrogens (tertiary/aromatic N) is 2. The normalized spacial score (nSPS) is 23.4. The first-order valence-corrected chi connectivity index (χ1v) is 10.6. The molecule has 1 fully saturated rings. The SMILES string of the molecule is C[C@@H]1CCNC[C@]1(N(C)c1ccnc2[nH]ccc12)S(=O)(=O)c1ccccc1. The number of benzene rings is 1. The molecular formula is C20H24N4O2S. The zero-order valence-corrected chi connectivity index (χ0v) is 16.3.